The second-order valence-corrected chi connectivity index (χ2v) is 9.90. The van der Waals surface area contributed by atoms with E-state index in [1.165, 1.54) is 0 Å². The number of imidazole rings is 1. The number of anilines is 1. The normalized spacial score (nSPS) is 15.4. The van der Waals surface area contributed by atoms with E-state index in [2.05, 4.69) is 37.9 Å². The monoisotopic (exact) mass is 542 g/mol. The van der Waals surface area contributed by atoms with Gasteiger partial charge in [0.25, 0.3) is 0 Å². The number of rotatable bonds is 2. The van der Waals surface area contributed by atoms with Gasteiger partial charge in [0.15, 0.2) is 0 Å². The summed E-state index contributed by atoms with van der Waals surface area (Å²) in [6, 6.07) is 5.97. The first-order chi connectivity index (χ1) is 16.0. The first-order valence-corrected chi connectivity index (χ1v) is 12.1. The molecule has 1 saturated heterocycles. The van der Waals surface area contributed by atoms with Crippen LogP contribution < -0.4 is 11.3 Å². The van der Waals surface area contributed by atoms with Crippen molar-refractivity contribution in [1.29, 1.82) is 0 Å². The SMILES string of the molecule is CN1CCC(c2ccc3nc(-c4c(N)c5[se]ccc5[nH]c4=O)[nH]c3n2)CC1.O=C(O)C(F)(F)F. The number of hydrogen-bond acceptors (Lipinski definition) is 6. The van der Waals surface area contributed by atoms with Crippen molar-refractivity contribution in [2.45, 2.75) is 24.9 Å². The number of nitrogens with zero attached hydrogens (tertiary/aromatic N) is 3. The number of carbonyl (C=O) groups is 1. The van der Waals surface area contributed by atoms with Gasteiger partial charge in [-0.25, -0.2) is 4.79 Å². The fourth-order valence-electron chi connectivity index (χ4n) is 3.83. The summed E-state index contributed by atoms with van der Waals surface area (Å²) in [6.45, 7) is 2.19. The molecule has 0 aliphatic carbocycles. The Balaban J connectivity index is 0.000000344. The Bertz CT molecular complexity index is 1400. The van der Waals surface area contributed by atoms with Crippen LogP contribution in [0.25, 0.3) is 32.3 Å². The summed E-state index contributed by atoms with van der Waals surface area (Å²) in [5, 5.41) is 7.12. The quantitative estimate of drug-likeness (QED) is 0.286. The molecule has 5 rings (SSSR count). The standard InChI is InChI=1S/C19H20N6OSe.C2HF3O2/c1-25-7-4-10(5-8-25)11-2-3-13-17(21-11)24-18(22-13)14-15(20)16-12(6-9-27-16)23-19(14)26;3-2(4,5)1(6)7/h2-3,6,9-10H,4-5,7-8H2,1H3,(H3,20,23,26)(H,21,22,24);(H,6,7). The van der Waals surface area contributed by atoms with Crippen molar-refractivity contribution >= 4 is 47.1 Å². The van der Waals surface area contributed by atoms with Gasteiger partial charge in [0.05, 0.1) is 0 Å². The van der Waals surface area contributed by atoms with Gasteiger partial charge in [0, 0.05) is 0 Å². The minimum absolute atomic E-state index is 0.143. The Kier molecular flexibility index (Phi) is 6.52. The van der Waals surface area contributed by atoms with Crippen molar-refractivity contribution in [3.8, 4) is 11.4 Å². The van der Waals surface area contributed by atoms with E-state index in [1.807, 2.05) is 12.1 Å². The number of aromatic nitrogens is 4. The van der Waals surface area contributed by atoms with Crippen molar-refractivity contribution in [2.24, 2.45) is 0 Å². The molecular formula is C21H21F3N6O3Se. The minimum atomic E-state index is -5.08. The Morgan fingerprint density at radius 3 is 2.53 bits per heavy atom. The van der Waals surface area contributed by atoms with Crippen molar-refractivity contribution in [3.63, 3.8) is 0 Å². The molecule has 4 aromatic rings. The second-order valence-electron chi connectivity index (χ2n) is 7.98. The third-order valence-electron chi connectivity index (χ3n) is 5.64. The number of aromatic amines is 2. The summed E-state index contributed by atoms with van der Waals surface area (Å²) in [7, 11) is 2.16. The number of nitrogens with two attached hydrogens (primary N) is 1. The Morgan fingerprint density at radius 2 is 1.88 bits per heavy atom. The topological polar surface area (TPSA) is 141 Å². The van der Waals surface area contributed by atoms with Crippen molar-refractivity contribution < 1.29 is 23.1 Å². The number of alkyl halides is 3. The predicted molar refractivity (Wildman–Crippen MR) is 122 cm³/mol. The number of nitrogens with one attached hydrogen (secondary N) is 2. The van der Waals surface area contributed by atoms with E-state index < -0.39 is 12.1 Å². The zero-order chi connectivity index (χ0) is 24.6. The van der Waals surface area contributed by atoms with E-state index in [0.29, 0.717) is 28.6 Å². The maximum Gasteiger partial charge on any atom is 0.490 e. The van der Waals surface area contributed by atoms with Crippen LogP contribution in [0.15, 0.2) is 27.9 Å². The molecule has 180 valence electrons. The van der Waals surface area contributed by atoms with E-state index in [0.717, 1.165) is 46.9 Å². The fourth-order valence-corrected chi connectivity index (χ4v) is 5.54. The molecule has 13 heteroatoms. The van der Waals surface area contributed by atoms with Crippen LogP contribution in [0, 0.1) is 0 Å². The number of carboxylic acid groups (broad SMARTS) is 1. The maximum absolute atomic E-state index is 12.6. The number of aliphatic carboxylic acids is 1. The van der Waals surface area contributed by atoms with Gasteiger partial charge in [0.2, 0.25) is 0 Å². The molecule has 1 fully saturated rings. The molecule has 0 amide bonds. The molecule has 0 spiro atoms. The van der Waals surface area contributed by atoms with E-state index in [-0.39, 0.29) is 20.1 Å². The number of nitrogen functional groups attached to an aromatic ring is 1. The number of piperidine rings is 1. The van der Waals surface area contributed by atoms with Gasteiger partial charge in [-0.3, -0.25) is 0 Å². The van der Waals surface area contributed by atoms with Crippen LogP contribution >= 0.6 is 0 Å². The largest absolute Gasteiger partial charge is 0.490 e. The summed E-state index contributed by atoms with van der Waals surface area (Å²) >= 11 is 0.143. The maximum atomic E-state index is 12.6. The molecule has 34 heavy (non-hydrogen) atoms. The first kappa shape index (κ1) is 24.0. The molecule has 0 unspecified atom stereocenters. The number of pyridine rings is 2. The van der Waals surface area contributed by atoms with Gasteiger partial charge >= 0.3 is 166 Å². The van der Waals surface area contributed by atoms with Gasteiger partial charge < -0.3 is 5.11 Å². The zero-order valence-electron chi connectivity index (χ0n) is 17.9. The first-order valence-electron chi connectivity index (χ1n) is 10.3. The number of likely N-dealkylation sites (tertiary alicyclic amines) is 1. The van der Waals surface area contributed by atoms with Gasteiger partial charge in [-0.05, 0) is 7.05 Å². The second kappa shape index (κ2) is 9.24. The van der Waals surface area contributed by atoms with E-state index >= 15 is 0 Å². The average Bonchev–Trinajstić information content (AvgIpc) is 3.40. The summed E-state index contributed by atoms with van der Waals surface area (Å²) in [5.74, 6) is -1.80. The summed E-state index contributed by atoms with van der Waals surface area (Å²) < 4.78 is 32.7. The minimum Gasteiger partial charge on any atom is -0.475 e. The number of H-pyrrole nitrogens is 2. The van der Waals surface area contributed by atoms with Gasteiger partial charge in [0.1, 0.15) is 0 Å². The van der Waals surface area contributed by atoms with E-state index in [1.54, 1.807) is 0 Å². The van der Waals surface area contributed by atoms with Gasteiger partial charge in [-0.1, -0.05) is 0 Å². The molecule has 1 aliphatic rings. The smallest absolute Gasteiger partial charge is 0.475 e. The molecular weight excluding hydrogens is 520 g/mol. The summed E-state index contributed by atoms with van der Waals surface area (Å²) in [4.78, 5) is 41.4. The van der Waals surface area contributed by atoms with Crippen LogP contribution in [0.2, 0.25) is 0 Å². The number of carboxylic acids is 1. The van der Waals surface area contributed by atoms with Crippen LogP contribution in [-0.2, 0) is 4.79 Å². The van der Waals surface area contributed by atoms with Crippen LogP contribution in [-0.4, -0.2) is 76.7 Å². The fraction of sp³-hybridized carbons (Fsp3) is 0.333. The molecule has 9 nitrogen and oxygen atoms in total. The average molecular weight is 541 g/mol. The Hall–Kier alpha value is -3.15. The van der Waals surface area contributed by atoms with Crippen LogP contribution in [0.4, 0.5) is 18.9 Å². The third-order valence-corrected chi connectivity index (χ3v) is 7.62. The van der Waals surface area contributed by atoms with Crippen molar-refractivity contribution in [1.82, 2.24) is 24.8 Å². The van der Waals surface area contributed by atoms with Gasteiger partial charge in [-0.2, -0.15) is 13.2 Å². The third kappa shape index (κ3) is 4.86. The van der Waals surface area contributed by atoms with E-state index in [4.69, 9.17) is 20.6 Å². The molecule has 0 radical (unpaired) electrons. The molecule has 5 N–H and O–H groups in total. The molecule has 0 saturated carbocycles. The molecule has 0 atom stereocenters. The van der Waals surface area contributed by atoms with Crippen molar-refractivity contribution in [2.75, 3.05) is 25.9 Å². The zero-order valence-corrected chi connectivity index (χ0v) is 19.7. The molecule has 5 heterocycles. The molecule has 0 bridgehead atoms. The number of hydrogen-bond donors (Lipinski definition) is 4. The van der Waals surface area contributed by atoms with Crippen molar-refractivity contribution in [3.05, 3.63) is 39.2 Å². The predicted octanol–water partition coefficient (Wildman–Crippen LogP) is 2.55. The number of fused-ring (bicyclic) bond motifs is 2. The van der Waals surface area contributed by atoms with Gasteiger partial charge in [-0.15, -0.1) is 0 Å². The van der Waals surface area contributed by atoms with E-state index in [9.17, 15) is 18.0 Å². The molecule has 4 aromatic heterocycles. The number of halogens is 3. The van der Waals surface area contributed by atoms with Crippen LogP contribution in [0.1, 0.15) is 24.5 Å². The van der Waals surface area contributed by atoms with Crippen LogP contribution in [0.5, 0.6) is 0 Å². The summed E-state index contributed by atoms with van der Waals surface area (Å²) in [5.41, 5.74) is 10.4. The molecule has 0 aromatic carbocycles. The Morgan fingerprint density at radius 1 is 1.21 bits per heavy atom. The summed E-state index contributed by atoms with van der Waals surface area (Å²) in [6.07, 6.45) is -2.86. The Labute approximate surface area is 196 Å². The van der Waals surface area contributed by atoms with Crippen LogP contribution in [0.3, 0.4) is 0 Å². The molecule has 1 aliphatic heterocycles.